The maximum Gasteiger partial charge on any atom is 0.328 e. The molecular formula is C18H25NO3. The molecule has 0 N–H and O–H groups in total. The Bertz CT molecular complexity index is 486. The van der Waals surface area contributed by atoms with Crippen LogP contribution < -0.4 is 0 Å². The lowest BCUT2D eigenvalue weighted by Gasteiger charge is -2.23. The number of unbranched alkanes of at least 4 members (excludes halogenated alkanes) is 2. The van der Waals surface area contributed by atoms with Crippen molar-refractivity contribution in [2.24, 2.45) is 0 Å². The lowest BCUT2D eigenvalue weighted by atomic mass is 10.1. The van der Waals surface area contributed by atoms with Crippen LogP contribution in [0.2, 0.25) is 0 Å². The molecule has 1 unspecified atom stereocenters. The van der Waals surface area contributed by atoms with Gasteiger partial charge in [0.15, 0.2) is 0 Å². The van der Waals surface area contributed by atoms with Crippen LogP contribution in [0.1, 0.15) is 44.6 Å². The van der Waals surface area contributed by atoms with Crippen LogP contribution in [-0.2, 0) is 20.7 Å². The summed E-state index contributed by atoms with van der Waals surface area (Å²) >= 11 is 0. The van der Waals surface area contributed by atoms with Crippen molar-refractivity contribution in [1.29, 1.82) is 0 Å². The maximum atomic E-state index is 12.4. The number of ether oxygens (including phenoxy) is 1. The van der Waals surface area contributed by atoms with Gasteiger partial charge in [0, 0.05) is 6.54 Å². The van der Waals surface area contributed by atoms with E-state index in [4.69, 9.17) is 4.74 Å². The zero-order chi connectivity index (χ0) is 15.8. The van der Waals surface area contributed by atoms with Gasteiger partial charge in [-0.1, -0.05) is 50.1 Å². The highest BCUT2D eigenvalue weighted by Gasteiger charge is 2.34. The van der Waals surface area contributed by atoms with Gasteiger partial charge in [0.1, 0.15) is 6.04 Å². The predicted molar refractivity (Wildman–Crippen MR) is 85.4 cm³/mol. The lowest BCUT2D eigenvalue weighted by Crippen LogP contribution is -2.42. The minimum atomic E-state index is -0.391. The third kappa shape index (κ3) is 4.58. The van der Waals surface area contributed by atoms with E-state index in [9.17, 15) is 9.59 Å². The van der Waals surface area contributed by atoms with Crippen molar-refractivity contribution in [2.45, 2.75) is 51.5 Å². The molecule has 1 heterocycles. The first-order valence-electron chi connectivity index (χ1n) is 8.22. The largest absolute Gasteiger partial charge is 0.464 e. The molecule has 0 radical (unpaired) electrons. The minimum absolute atomic E-state index is 0.0132. The van der Waals surface area contributed by atoms with Crippen LogP contribution in [0, 0.1) is 0 Å². The SMILES string of the molecule is CCCCCOC(=O)C1CCCN1C(=O)Cc1ccccc1. The van der Waals surface area contributed by atoms with Gasteiger partial charge in [-0.3, -0.25) is 4.79 Å². The summed E-state index contributed by atoms with van der Waals surface area (Å²) in [6.45, 7) is 3.23. The van der Waals surface area contributed by atoms with Gasteiger partial charge in [-0.05, 0) is 24.8 Å². The highest BCUT2D eigenvalue weighted by atomic mass is 16.5. The van der Waals surface area contributed by atoms with E-state index in [1.54, 1.807) is 4.90 Å². The standard InChI is InChI=1S/C18H25NO3/c1-2-3-7-13-22-18(21)16-11-8-12-19(16)17(20)14-15-9-5-4-6-10-15/h4-6,9-10,16H,2-3,7-8,11-14H2,1H3. The number of likely N-dealkylation sites (tertiary alicyclic amines) is 1. The summed E-state index contributed by atoms with van der Waals surface area (Å²) in [6.07, 6.45) is 4.99. The van der Waals surface area contributed by atoms with Crippen LogP contribution in [0.25, 0.3) is 0 Å². The highest BCUT2D eigenvalue weighted by Crippen LogP contribution is 2.20. The lowest BCUT2D eigenvalue weighted by molar-refractivity contribution is -0.153. The van der Waals surface area contributed by atoms with E-state index in [1.165, 1.54) is 0 Å². The first-order valence-corrected chi connectivity index (χ1v) is 8.22. The van der Waals surface area contributed by atoms with E-state index in [1.807, 2.05) is 30.3 Å². The van der Waals surface area contributed by atoms with Crippen molar-refractivity contribution >= 4 is 11.9 Å². The molecule has 0 saturated carbocycles. The fraction of sp³-hybridized carbons (Fsp3) is 0.556. The summed E-state index contributed by atoms with van der Waals surface area (Å²) in [5.41, 5.74) is 0.981. The summed E-state index contributed by atoms with van der Waals surface area (Å²) in [5.74, 6) is -0.228. The van der Waals surface area contributed by atoms with Gasteiger partial charge in [0.2, 0.25) is 5.91 Å². The van der Waals surface area contributed by atoms with Gasteiger partial charge >= 0.3 is 5.97 Å². The quantitative estimate of drug-likeness (QED) is 0.575. The number of benzene rings is 1. The number of hydrogen-bond acceptors (Lipinski definition) is 3. The zero-order valence-corrected chi connectivity index (χ0v) is 13.3. The normalized spacial score (nSPS) is 17.5. The number of carbonyl (C=O) groups is 2. The van der Waals surface area contributed by atoms with Crippen LogP contribution in [0.5, 0.6) is 0 Å². The predicted octanol–water partition coefficient (Wildman–Crippen LogP) is 2.95. The third-order valence-electron chi connectivity index (χ3n) is 4.04. The Hall–Kier alpha value is -1.84. The Balaban J connectivity index is 1.86. The van der Waals surface area contributed by atoms with Crippen LogP contribution in [0.15, 0.2) is 30.3 Å². The molecule has 0 bridgehead atoms. The van der Waals surface area contributed by atoms with Gasteiger partial charge in [0.25, 0.3) is 0 Å². The second-order valence-electron chi connectivity index (χ2n) is 5.78. The Morgan fingerprint density at radius 3 is 2.73 bits per heavy atom. The van der Waals surface area contributed by atoms with Gasteiger partial charge in [0.05, 0.1) is 13.0 Å². The molecule has 22 heavy (non-hydrogen) atoms. The average molecular weight is 303 g/mol. The summed E-state index contributed by atoms with van der Waals surface area (Å²) in [5, 5.41) is 0. The molecular weight excluding hydrogens is 278 g/mol. The molecule has 4 nitrogen and oxygen atoms in total. The van der Waals surface area contributed by atoms with Gasteiger partial charge < -0.3 is 9.64 Å². The molecule has 120 valence electrons. The summed E-state index contributed by atoms with van der Waals surface area (Å²) in [6, 6.07) is 9.26. The summed E-state index contributed by atoms with van der Waals surface area (Å²) in [4.78, 5) is 26.3. The third-order valence-corrected chi connectivity index (χ3v) is 4.04. The van der Waals surface area contributed by atoms with E-state index < -0.39 is 6.04 Å². The topological polar surface area (TPSA) is 46.6 Å². The van der Waals surface area contributed by atoms with E-state index >= 15 is 0 Å². The molecule has 0 aliphatic carbocycles. The Morgan fingerprint density at radius 1 is 1.23 bits per heavy atom. The van der Waals surface area contributed by atoms with Crippen molar-refractivity contribution in [3.63, 3.8) is 0 Å². The number of rotatable bonds is 7. The average Bonchev–Trinajstić information content (AvgIpc) is 3.02. The molecule has 1 fully saturated rings. The van der Waals surface area contributed by atoms with Crippen LogP contribution in [0.3, 0.4) is 0 Å². The van der Waals surface area contributed by atoms with Gasteiger partial charge in [-0.25, -0.2) is 4.79 Å². The molecule has 4 heteroatoms. The molecule has 1 atom stereocenters. The Morgan fingerprint density at radius 2 is 2.00 bits per heavy atom. The fourth-order valence-corrected chi connectivity index (χ4v) is 2.80. The number of carbonyl (C=O) groups excluding carboxylic acids is 2. The number of amides is 1. The molecule has 1 aromatic carbocycles. The van der Waals surface area contributed by atoms with Crippen molar-refractivity contribution in [1.82, 2.24) is 4.90 Å². The molecule has 1 aromatic rings. The molecule has 2 rings (SSSR count). The number of hydrogen-bond donors (Lipinski definition) is 0. The fourth-order valence-electron chi connectivity index (χ4n) is 2.80. The van der Waals surface area contributed by atoms with E-state index in [0.717, 1.165) is 31.2 Å². The van der Waals surface area contributed by atoms with Crippen LogP contribution >= 0.6 is 0 Å². The van der Waals surface area contributed by atoms with E-state index in [2.05, 4.69) is 6.92 Å². The number of nitrogens with zero attached hydrogens (tertiary/aromatic N) is 1. The van der Waals surface area contributed by atoms with Gasteiger partial charge in [-0.15, -0.1) is 0 Å². The molecule has 1 aliphatic rings. The highest BCUT2D eigenvalue weighted by molar-refractivity contribution is 5.86. The molecule has 0 spiro atoms. The number of esters is 1. The van der Waals surface area contributed by atoms with Crippen molar-refractivity contribution in [2.75, 3.05) is 13.2 Å². The first-order chi connectivity index (χ1) is 10.7. The van der Waals surface area contributed by atoms with E-state index in [-0.39, 0.29) is 11.9 Å². The van der Waals surface area contributed by atoms with Crippen LogP contribution in [0.4, 0.5) is 0 Å². The smallest absolute Gasteiger partial charge is 0.328 e. The van der Waals surface area contributed by atoms with Crippen molar-refractivity contribution in [3.8, 4) is 0 Å². The first kappa shape index (κ1) is 16.5. The second-order valence-corrected chi connectivity index (χ2v) is 5.78. The molecule has 1 saturated heterocycles. The molecule has 1 aliphatic heterocycles. The Labute approximate surface area is 132 Å². The molecule has 0 aromatic heterocycles. The van der Waals surface area contributed by atoms with Crippen molar-refractivity contribution < 1.29 is 14.3 Å². The van der Waals surface area contributed by atoms with Crippen LogP contribution in [-0.4, -0.2) is 36.0 Å². The zero-order valence-electron chi connectivity index (χ0n) is 13.3. The minimum Gasteiger partial charge on any atom is -0.464 e. The summed E-state index contributed by atoms with van der Waals surface area (Å²) < 4.78 is 5.33. The molecule has 1 amide bonds. The van der Waals surface area contributed by atoms with E-state index in [0.29, 0.717) is 26.0 Å². The van der Waals surface area contributed by atoms with Crippen molar-refractivity contribution in [3.05, 3.63) is 35.9 Å². The summed E-state index contributed by atoms with van der Waals surface area (Å²) in [7, 11) is 0. The maximum absolute atomic E-state index is 12.4. The van der Waals surface area contributed by atoms with Gasteiger partial charge in [-0.2, -0.15) is 0 Å². The Kier molecular flexibility index (Phi) is 6.44. The second kappa shape index (κ2) is 8.57. The monoisotopic (exact) mass is 303 g/mol.